The van der Waals surface area contributed by atoms with Gasteiger partial charge in [-0.2, -0.15) is 13.2 Å². The summed E-state index contributed by atoms with van der Waals surface area (Å²) in [6.45, 7) is 3.28. The number of rotatable bonds is 5. The van der Waals surface area contributed by atoms with E-state index in [0.29, 0.717) is 16.4 Å². The first-order chi connectivity index (χ1) is 10.9. The second-order valence-corrected chi connectivity index (χ2v) is 6.91. The lowest BCUT2D eigenvalue weighted by Gasteiger charge is -2.28. The lowest BCUT2D eigenvalue weighted by molar-refractivity contribution is -0.140. The van der Waals surface area contributed by atoms with E-state index in [9.17, 15) is 13.2 Å². The Morgan fingerprint density at radius 1 is 1.33 bits per heavy atom. The van der Waals surface area contributed by atoms with Crippen LogP contribution in [0.3, 0.4) is 0 Å². The number of nitrogens with one attached hydrogen (secondary N) is 2. The van der Waals surface area contributed by atoms with Crippen LogP contribution >= 0.6 is 35.3 Å². The summed E-state index contributed by atoms with van der Waals surface area (Å²) in [7, 11) is 1.66. The van der Waals surface area contributed by atoms with E-state index in [1.165, 1.54) is 25.7 Å². The molecular formula is C15H24F3IN4S. The molecular weight excluding hydrogens is 452 g/mol. The van der Waals surface area contributed by atoms with E-state index in [1.807, 2.05) is 0 Å². The van der Waals surface area contributed by atoms with Gasteiger partial charge in [0.1, 0.15) is 5.01 Å². The molecule has 0 unspecified atom stereocenters. The predicted molar refractivity (Wildman–Crippen MR) is 102 cm³/mol. The molecule has 1 aromatic heterocycles. The lowest BCUT2D eigenvalue weighted by atomic mass is 9.83. The first-order valence-corrected chi connectivity index (χ1v) is 8.73. The monoisotopic (exact) mass is 476 g/mol. The lowest BCUT2D eigenvalue weighted by Crippen LogP contribution is -2.42. The molecule has 0 bridgehead atoms. The van der Waals surface area contributed by atoms with Crippen LogP contribution in [0.2, 0.25) is 0 Å². The molecule has 2 rings (SSSR count). The van der Waals surface area contributed by atoms with Crippen molar-refractivity contribution in [2.75, 3.05) is 13.6 Å². The van der Waals surface area contributed by atoms with E-state index in [4.69, 9.17) is 0 Å². The van der Waals surface area contributed by atoms with Crippen molar-refractivity contribution in [3.63, 3.8) is 0 Å². The average molecular weight is 476 g/mol. The van der Waals surface area contributed by atoms with Crippen LogP contribution in [0.25, 0.3) is 0 Å². The van der Waals surface area contributed by atoms with Crippen LogP contribution in [-0.4, -0.2) is 24.5 Å². The van der Waals surface area contributed by atoms with Gasteiger partial charge >= 0.3 is 6.18 Å². The van der Waals surface area contributed by atoms with Gasteiger partial charge in [0.05, 0.1) is 6.54 Å². The number of hydrogen-bond donors (Lipinski definition) is 2. The topological polar surface area (TPSA) is 49.3 Å². The molecule has 0 saturated heterocycles. The Balaban J connectivity index is 0.00000288. The van der Waals surface area contributed by atoms with Crippen molar-refractivity contribution >= 4 is 41.3 Å². The highest BCUT2D eigenvalue weighted by Gasteiger charge is 2.34. The van der Waals surface area contributed by atoms with Gasteiger partial charge in [0.15, 0.2) is 11.7 Å². The second kappa shape index (κ2) is 9.21. The van der Waals surface area contributed by atoms with Gasteiger partial charge in [-0.05, 0) is 24.7 Å². The fourth-order valence-electron chi connectivity index (χ4n) is 2.95. The second-order valence-electron chi connectivity index (χ2n) is 5.96. The van der Waals surface area contributed by atoms with Crippen LogP contribution in [0.15, 0.2) is 10.4 Å². The van der Waals surface area contributed by atoms with Crippen molar-refractivity contribution in [3.8, 4) is 0 Å². The van der Waals surface area contributed by atoms with E-state index >= 15 is 0 Å². The van der Waals surface area contributed by atoms with E-state index in [-0.39, 0.29) is 30.5 Å². The Morgan fingerprint density at radius 3 is 2.50 bits per heavy atom. The van der Waals surface area contributed by atoms with Crippen molar-refractivity contribution in [1.82, 2.24) is 15.6 Å². The molecule has 2 N–H and O–H groups in total. The Bertz CT molecular complexity index is 539. The number of hydrogen-bond acceptors (Lipinski definition) is 3. The highest BCUT2D eigenvalue weighted by molar-refractivity contribution is 14.0. The first kappa shape index (κ1) is 21.5. The van der Waals surface area contributed by atoms with E-state index in [2.05, 4.69) is 27.5 Å². The van der Waals surface area contributed by atoms with Crippen LogP contribution in [0.5, 0.6) is 0 Å². The van der Waals surface area contributed by atoms with Crippen LogP contribution in [-0.2, 0) is 12.7 Å². The van der Waals surface area contributed by atoms with Gasteiger partial charge in [-0.25, -0.2) is 4.98 Å². The maximum Gasteiger partial charge on any atom is 0.434 e. The van der Waals surface area contributed by atoms with Gasteiger partial charge in [0.2, 0.25) is 0 Å². The molecule has 0 aliphatic heterocycles. The molecule has 1 saturated carbocycles. The average Bonchev–Trinajstić information content (AvgIpc) is 3.16. The summed E-state index contributed by atoms with van der Waals surface area (Å²) < 4.78 is 37.6. The molecule has 1 heterocycles. The zero-order valence-corrected chi connectivity index (χ0v) is 17.0. The Morgan fingerprint density at radius 2 is 2.00 bits per heavy atom. The quantitative estimate of drug-likeness (QED) is 0.376. The minimum absolute atomic E-state index is 0. The Hall–Kier alpha value is -0.580. The SMILES string of the molecule is CCC1(CNC(=NC)NCc2nc(C(F)(F)F)cs2)CCCC1.I. The fourth-order valence-corrected chi connectivity index (χ4v) is 3.69. The molecule has 0 aromatic carbocycles. The van der Waals surface area contributed by atoms with Gasteiger partial charge in [-0.1, -0.05) is 19.8 Å². The largest absolute Gasteiger partial charge is 0.434 e. The normalized spacial score (nSPS) is 17.5. The van der Waals surface area contributed by atoms with Crippen LogP contribution in [0.1, 0.15) is 49.7 Å². The van der Waals surface area contributed by atoms with Crippen molar-refractivity contribution in [3.05, 3.63) is 16.1 Å². The molecule has 1 aromatic rings. The molecule has 9 heteroatoms. The molecule has 138 valence electrons. The number of alkyl halides is 3. The van der Waals surface area contributed by atoms with Crippen LogP contribution in [0, 0.1) is 5.41 Å². The van der Waals surface area contributed by atoms with E-state index in [0.717, 1.165) is 29.7 Å². The maximum absolute atomic E-state index is 12.5. The molecule has 4 nitrogen and oxygen atoms in total. The van der Waals surface area contributed by atoms with Gasteiger partial charge in [0, 0.05) is 19.0 Å². The van der Waals surface area contributed by atoms with Gasteiger partial charge in [0.25, 0.3) is 0 Å². The van der Waals surface area contributed by atoms with Crippen LogP contribution < -0.4 is 10.6 Å². The Labute approximate surface area is 161 Å². The smallest absolute Gasteiger partial charge is 0.356 e. The maximum atomic E-state index is 12.5. The van der Waals surface area contributed by atoms with Crippen molar-refractivity contribution in [2.24, 2.45) is 10.4 Å². The molecule has 1 aliphatic carbocycles. The van der Waals surface area contributed by atoms with Crippen LogP contribution in [0.4, 0.5) is 13.2 Å². The third kappa shape index (κ3) is 5.75. The van der Waals surface area contributed by atoms with E-state index < -0.39 is 11.9 Å². The zero-order valence-electron chi connectivity index (χ0n) is 13.9. The highest BCUT2D eigenvalue weighted by atomic mass is 127. The number of aliphatic imine (C=N–C) groups is 1. The molecule has 0 atom stereocenters. The minimum Gasteiger partial charge on any atom is -0.356 e. The minimum atomic E-state index is -4.38. The zero-order chi connectivity index (χ0) is 16.9. The van der Waals surface area contributed by atoms with Crippen molar-refractivity contribution in [2.45, 2.75) is 51.7 Å². The van der Waals surface area contributed by atoms with Gasteiger partial charge in [-0.15, -0.1) is 35.3 Å². The summed E-state index contributed by atoms with van der Waals surface area (Å²) in [5, 5.41) is 7.77. The highest BCUT2D eigenvalue weighted by Crippen LogP contribution is 2.40. The molecule has 1 fully saturated rings. The third-order valence-corrected chi connectivity index (χ3v) is 5.37. The van der Waals surface area contributed by atoms with Crippen molar-refractivity contribution in [1.29, 1.82) is 0 Å². The number of thiazole rings is 1. The number of halogens is 4. The molecule has 24 heavy (non-hydrogen) atoms. The predicted octanol–water partition coefficient (Wildman–Crippen LogP) is 4.42. The fraction of sp³-hybridized carbons (Fsp3) is 0.733. The first-order valence-electron chi connectivity index (χ1n) is 7.85. The number of guanidine groups is 1. The van der Waals surface area contributed by atoms with Crippen molar-refractivity contribution < 1.29 is 13.2 Å². The molecule has 1 aliphatic rings. The van der Waals surface area contributed by atoms with Gasteiger partial charge < -0.3 is 10.6 Å². The standard InChI is InChI=1S/C15H23F3N4S.HI/c1-3-14(6-4-5-7-14)10-21-13(19-2)20-8-12-22-11(9-23-12)15(16,17)18;/h9H,3-8,10H2,1-2H3,(H2,19,20,21);1H. The summed E-state index contributed by atoms with van der Waals surface area (Å²) in [6.07, 6.45) is 1.70. The molecule has 0 spiro atoms. The summed E-state index contributed by atoms with van der Waals surface area (Å²) in [6, 6.07) is 0. The Kier molecular flexibility index (Phi) is 8.24. The number of aromatic nitrogens is 1. The third-order valence-electron chi connectivity index (χ3n) is 4.52. The molecule has 0 amide bonds. The van der Waals surface area contributed by atoms with E-state index in [1.54, 1.807) is 7.05 Å². The summed E-state index contributed by atoms with van der Waals surface area (Å²) in [5.74, 6) is 0.605. The number of nitrogens with zero attached hydrogens (tertiary/aromatic N) is 2. The summed E-state index contributed by atoms with van der Waals surface area (Å²) >= 11 is 1.000. The molecule has 0 radical (unpaired) electrons. The van der Waals surface area contributed by atoms with Gasteiger partial charge in [-0.3, -0.25) is 4.99 Å². The summed E-state index contributed by atoms with van der Waals surface area (Å²) in [5.41, 5.74) is -0.513. The summed E-state index contributed by atoms with van der Waals surface area (Å²) in [4.78, 5) is 7.74.